The summed E-state index contributed by atoms with van der Waals surface area (Å²) in [4.78, 5) is 32.0. The number of likely N-dealkylation sites (tertiary alicyclic amines) is 1. The van der Waals surface area contributed by atoms with Gasteiger partial charge in [0.1, 0.15) is 11.4 Å². The van der Waals surface area contributed by atoms with Crippen LogP contribution in [0.15, 0.2) is 93.1 Å². The van der Waals surface area contributed by atoms with Gasteiger partial charge in [-0.05, 0) is 99.1 Å². The molecular weight excluding hydrogens is 575 g/mol. The van der Waals surface area contributed by atoms with E-state index in [0.717, 1.165) is 31.6 Å². The zero-order chi connectivity index (χ0) is 29.9. The molecule has 1 fully saturated rings. The maximum absolute atomic E-state index is 13.7. The van der Waals surface area contributed by atoms with Gasteiger partial charge in [0.05, 0.1) is 16.9 Å². The van der Waals surface area contributed by atoms with Crippen LogP contribution in [0.1, 0.15) is 24.8 Å². The lowest BCUT2D eigenvalue weighted by atomic mass is 9.71. The van der Waals surface area contributed by atoms with Gasteiger partial charge in [-0.1, -0.05) is 36.0 Å². The van der Waals surface area contributed by atoms with Gasteiger partial charge in [-0.25, -0.2) is 14.0 Å². The molecule has 0 aliphatic carbocycles. The predicted octanol–water partition coefficient (Wildman–Crippen LogP) is 6.24. The van der Waals surface area contributed by atoms with Gasteiger partial charge >= 0.3 is 11.9 Å². The van der Waals surface area contributed by atoms with Crippen LogP contribution in [0.4, 0.5) is 15.8 Å². The van der Waals surface area contributed by atoms with E-state index in [0.29, 0.717) is 32.0 Å². The van der Waals surface area contributed by atoms with Crippen molar-refractivity contribution in [3.63, 3.8) is 0 Å². The quantitative estimate of drug-likeness (QED) is 0.183. The summed E-state index contributed by atoms with van der Waals surface area (Å²) in [5, 5.41) is 31.1. The Morgan fingerprint density at radius 2 is 1.69 bits per heavy atom. The van der Waals surface area contributed by atoms with Crippen molar-refractivity contribution in [1.82, 2.24) is 4.90 Å². The molecule has 0 saturated carbocycles. The minimum absolute atomic E-state index is 0.169. The molecule has 1 unspecified atom stereocenters. The zero-order valence-corrected chi connectivity index (χ0v) is 24.8. The Balaban J connectivity index is 1.29. The van der Waals surface area contributed by atoms with E-state index in [1.807, 2.05) is 0 Å². The van der Waals surface area contributed by atoms with Crippen LogP contribution in [0, 0.1) is 11.7 Å². The van der Waals surface area contributed by atoms with E-state index in [1.165, 1.54) is 38.2 Å². The fourth-order valence-electron chi connectivity index (χ4n) is 5.98. The molecule has 5 rings (SSSR count). The smallest absolute Gasteiger partial charge is 0.335 e. The van der Waals surface area contributed by atoms with Crippen molar-refractivity contribution < 1.29 is 29.3 Å². The molecule has 0 aromatic heterocycles. The largest absolute Gasteiger partial charge is 0.478 e. The van der Waals surface area contributed by atoms with Gasteiger partial charge in [0.2, 0.25) is 0 Å². The molecule has 220 valence electrons. The number of nitrogens with zero attached hydrogens (tertiary/aromatic N) is 2. The molecule has 2 aliphatic rings. The van der Waals surface area contributed by atoms with Crippen LogP contribution in [0.5, 0.6) is 0 Å². The Bertz CT molecular complexity index is 1490. The van der Waals surface area contributed by atoms with Gasteiger partial charge in [-0.15, -0.1) is 11.8 Å². The molecule has 10 heteroatoms. The molecule has 3 aromatic carbocycles. The number of para-hydroxylation sites is 1. The van der Waals surface area contributed by atoms with Gasteiger partial charge in [-0.2, -0.15) is 0 Å². The third-order valence-electron chi connectivity index (χ3n) is 8.06. The molecule has 1 saturated heterocycles. The summed E-state index contributed by atoms with van der Waals surface area (Å²) < 4.78 is 13.7. The number of aliphatic hydroxyl groups is 1. The summed E-state index contributed by atoms with van der Waals surface area (Å²) in [6.45, 7) is 2.88. The van der Waals surface area contributed by atoms with E-state index in [2.05, 4.69) is 58.5 Å². The molecule has 3 aromatic rings. The molecule has 0 radical (unpaired) electrons. The number of benzene rings is 3. The van der Waals surface area contributed by atoms with E-state index in [-0.39, 0.29) is 5.56 Å². The maximum Gasteiger partial charge on any atom is 0.335 e. The first-order chi connectivity index (χ1) is 20.2. The maximum atomic E-state index is 13.7. The number of thioether (sulfide) groups is 1. The van der Waals surface area contributed by atoms with Crippen LogP contribution >= 0.6 is 23.5 Å². The lowest BCUT2D eigenvalue weighted by molar-refractivity contribution is -0.139. The van der Waals surface area contributed by atoms with Gasteiger partial charge in [0, 0.05) is 27.3 Å². The third kappa shape index (κ3) is 6.22. The number of carboxylic acid groups (broad SMARTS) is 2. The fraction of sp³-hybridized carbons (Fsp3) is 0.312. The van der Waals surface area contributed by atoms with Gasteiger partial charge < -0.3 is 25.1 Å². The zero-order valence-electron chi connectivity index (χ0n) is 23.2. The third-order valence-corrected chi connectivity index (χ3v) is 9.92. The van der Waals surface area contributed by atoms with E-state index < -0.39 is 34.8 Å². The molecule has 0 spiro atoms. The number of hydrogen-bond acceptors (Lipinski definition) is 7. The number of hydrogen-bond donors (Lipinski definition) is 3. The van der Waals surface area contributed by atoms with Crippen LogP contribution in [0.25, 0.3) is 0 Å². The Hall–Kier alpha value is -3.31. The molecule has 2 heterocycles. The van der Waals surface area contributed by atoms with Gasteiger partial charge in [0.15, 0.2) is 0 Å². The summed E-state index contributed by atoms with van der Waals surface area (Å²) in [6.07, 6.45) is 4.44. The first-order valence-electron chi connectivity index (χ1n) is 13.8. The summed E-state index contributed by atoms with van der Waals surface area (Å²) in [6, 6.07) is 20.0. The number of rotatable bonds is 10. The van der Waals surface area contributed by atoms with E-state index in [9.17, 15) is 29.3 Å². The first kappa shape index (κ1) is 30.2. The normalized spacial score (nSPS) is 17.3. The van der Waals surface area contributed by atoms with E-state index >= 15 is 0 Å². The second kappa shape index (κ2) is 12.9. The van der Waals surface area contributed by atoms with Crippen LogP contribution in [0.2, 0.25) is 0 Å². The number of halogens is 1. The van der Waals surface area contributed by atoms with Crippen LogP contribution < -0.4 is 4.90 Å². The molecule has 2 aliphatic heterocycles. The summed E-state index contributed by atoms with van der Waals surface area (Å²) in [5.74, 6) is -4.06. The average molecular weight is 609 g/mol. The SMILES string of the molecule is CSc1ccc2c(c1)N(CCCN1CCC(C(O)(/C(=C\C(=O)O)C(=O)O)c3ccc(F)cc3)CC1)c1ccccc1S2. The predicted molar refractivity (Wildman–Crippen MR) is 163 cm³/mol. The molecule has 0 bridgehead atoms. The fourth-order valence-corrected chi connectivity index (χ4v) is 7.49. The highest BCUT2D eigenvalue weighted by atomic mass is 32.2. The lowest BCUT2D eigenvalue weighted by Gasteiger charge is -2.42. The highest BCUT2D eigenvalue weighted by Crippen LogP contribution is 2.49. The Morgan fingerprint density at radius 1 is 1.00 bits per heavy atom. The second-order valence-corrected chi connectivity index (χ2v) is 12.5. The standard InChI is InChI=1S/C32H33FN2O5S2/c1-41-24-11-12-29-27(19-24)35(26-5-2-3-6-28(26)42-29)16-4-15-34-17-13-22(14-18-34)32(40,21-7-9-23(33)10-8-21)25(31(38)39)20-30(36)37/h2-3,5-12,19-20,22,40H,4,13-18H2,1H3,(H,36,37)(H,38,39)/b25-20-. The molecule has 1 atom stereocenters. The number of anilines is 2. The van der Waals surface area contributed by atoms with Crippen molar-refractivity contribution in [2.75, 3.05) is 37.3 Å². The van der Waals surface area contributed by atoms with Crippen molar-refractivity contribution in [2.45, 2.75) is 39.5 Å². The van der Waals surface area contributed by atoms with Crippen LogP contribution in [-0.4, -0.2) is 64.6 Å². The number of carbonyl (C=O) groups is 2. The molecule has 7 nitrogen and oxygen atoms in total. The lowest BCUT2D eigenvalue weighted by Crippen LogP contribution is -2.46. The summed E-state index contributed by atoms with van der Waals surface area (Å²) >= 11 is 3.51. The van der Waals surface area contributed by atoms with Crippen molar-refractivity contribution >= 4 is 46.8 Å². The van der Waals surface area contributed by atoms with Gasteiger partial charge in [-0.3, -0.25) is 0 Å². The van der Waals surface area contributed by atoms with E-state index in [1.54, 1.807) is 23.5 Å². The molecular formula is C32H33FN2O5S2. The van der Waals surface area contributed by atoms with E-state index in [4.69, 9.17) is 0 Å². The van der Waals surface area contributed by atoms with Gasteiger partial charge in [0.25, 0.3) is 0 Å². The Kier molecular flexibility index (Phi) is 9.27. The van der Waals surface area contributed by atoms with Crippen LogP contribution in [-0.2, 0) is 15.2 Å². The summed E-state index contributed by atoms with van der Waals surface area (Å²) in [5.41, 5.74) is -0.118. The average Bonchev–Trinajstić information content (AvgIpc) is 2.99. The van der Waals surface area contributed by atoms with Crippen molar-refractivity contribution in [1.29, 1.82) is 0 Å². The number of piperidine rings is 1. The topological polar surface area (TPSA) is 101 Å². The van der Waals surface area contributed by atoms with Crippen molar-refractivity contribution in [3.05, 3.63) is 89.8 Å². The van der Waals surface area contributed by atoms with Crippen molar-refractivity contribution in [3.8, 4) is 0 Å². The second-order valence-electron chi connectivity index (χ2n) is 10.5. The molecule has 3 N–H and O–H groups in total. The first-order valence-corrected chi connectivity index (χ1v) is 15.9. The Morgan fingerprint density at radius 3 is 2.36 bits per heavy atom. The molecule has 42 heavy (non-hydrogen) atoms. The monoisotopic (exact) mass is 608 g/mol. The highest BCUT2D eigenvalue weighted by molar-refractivity contribution is 8.00. The molecule has 0 amide bonds. The highest BCUT2D eigenvalue weighted by Gasteiger charge is 2.46. The summed E-state index contributed by atoms with van der Waals surface area (Å²) in [7, 11) is 0. The number of aliphatic carboxylic acids is 2. The minimum atomic E-state index is -2.07. The number of carboxylic acids is 2. The number of fused-ring (bicyclic) bond motifs is 2. The minimum Gasteiger partial charge on any atom is -0.478 e. The van der Waals surface area contributed by atoms with Crippen molar-refractivity contribution in [2.24, 2.45) is 5.92 Å². The van der Waals surface area contributed by atoms with Crippen LogP contribution in [0.3, 0.4) is 0 Å². The Labute approximate surface area is 253 Å².